The van der Waals surface area contributed by atoms with Crippen molar-refractivity contribution in [3.8, 4) is 17.1 Å². The maximum atomic E-state index is 5.69. The molecule has 0 radical (unpaired) electrons. The van der Waals surface area contributed by atoms with Gasteiger partial charge in [-0.15, -0.1) is 0 Å². The monoisotopic (exact) mass is 246 g/mol. The minimum absolute atomic E-state index is 0.649. The molecule has 0 atom stereocenters. The molecule has 4 heteroatoms. The molecule has 0 amide bonds. The van der Waals surface area contributed by atoms with E-state index in [0.29, 0.717) is 6.54 Å². The molecule has 1 aromatic heterocycles. The maximum Gasteiger partial charge on any atom is 0.194 e. The molecule has 0 saturated heterocycles. The first-order valence-corrected chi connectivity index (χ1v) is 6.04. The summed E-state index contributed by atoms with van der Waals surface area (Å²) in [6.07, 6.45) is 3.41. The number of nitrogens with zero attached hydrogens (tertiary/aromatic N) is 1. The molecule has 0 spiro atoms. The molecule has 4 nitrogen and oxygen atoms in total. The number of rotatable bonds is 5. The highest BCUT2D eigenvalue weighted by Gasteiger charge is 2.08. The highest BCUT2D eigenvalue weighted by Crippen LogP contribution is 2.27. The van der Waals surface area contributed by atoms with Gasteiger partial charge in [-0.1, -0.05) is 12.1 Å². The number of nitrogens with two attached hydrogens (primary N) is 1. The summed E-state index contributed by atoms with van der Waals surface area (Å²) >= 11 is 0. The maximum absolute atomic E-state index is 5.69. The average molecular weight is 246 g/mol. The smallest absolute Gasteiger partial charge is 0.194 e. The van der Waals surface area contributed by atoms with E-state index in [1.165, 1.54) is 0 Å². The summed E-state index contributed by atoms with van der Waals surface area (Å²) in [7, 11) is 1.67. The normalized spacial score (nSPS) is 10.6. The van der Waals surface area contributed by atoms with Gasteiger partial charge in [0.1, 0.15) is 5.75 Å². The van der Waals surface area contributed by atoms with Crippen molar-refractivity contribution in [1.82, 2.24) is 4.98 Å². The molecule has 1 aromatic carbocycles. The Morgan fingerprint density at radius 1 is 1.39 bits per heavy atom. The fourth-order valence-electron chi connectivity index (χ4n) is 1.79. The molecule has 18 heavy (non-hydrogen) atoms. The lowest BCUT2D eigenvalue weighted by Gasteiger charge is -2.05. The zero-order chi connectivity index (χ0) is 13.0. The summed E-state index contributed by atoms with van der Waals surface area (Å²) in [5.74, 6) is 2.35. The Kier molecular flexibility index (Phi) is 3.99. The Morgan fingerprint density at radius 3 is 2.94 bits per heavy atom. The number of hydrogen-bond donors (Lipinski definition) is 1. The number of ether oxygens (including phenoxy) is 1. The second-order valence-electron chi connectivity index (χ2n) is 4.19. The molecule has 1 heterocycles. The molecular formula is C14H18N2O2. The van der Waals surface area contributed by atoms with Crippen molar-refractivity contribution in [2.75, 3.05) is 13.7 Å². The highest BCUT2D eigenvalue weighted by atomic mass is 16.5. The van der Waals surface area contributed by atoms with Gasteiger partial charge in [-0.25, -0.2) is 4.98 Å². The van der Waals surface area contributed by atoms with Gasteiger partial charge >= 0.3 is 0 Å². The predicted molar refractivity (Wildman–Crippen MR) is 70.6 cm³/mol. The number of benzene rings is 1. The second kappa shape index (κ2) is 5.69. The minimum atomic E-state index is 0.649. The van der Waals surface area contributed by atoms with Gasteiger partial charge in [0.05, 0.1) is 13.3 Å². The summed E-state index contributed by atoms with van der Waals surface area (Å²) in [5.41, 5.74) is 7.54. The van der Waals surface area contributed by atoms with E-state index in [-0.39, 0.29) is 0 Å². The topological polar surface area (TPSA) is 61.3 Å². The molecule has 96 valence electrons. The lowest BCUT2D eigenvalue weighted by atomic mass is 10.1. The van der Waals surface area contributed by atoms with E-state index >= 15 is 0 Å². The SMILES string of the molecule is COc1cc(-c2cnc(CCCN)o2)ccc1C. The van der Waals surface area contributed by atoms with Gasteiger partial charge in [0.25, 0.3) is 0 Å². The second-order valence-corrected chi connectivity index (χ2v) is 4.19. The molecule has 0 aliphatic carbocycles. The van der Waals surface area contributed by atoms with Crippen LogP contribution in [0.1, 0.15) is 17.9 Å². The number of methoxy groups -OCH3 is 1. The third-order valence-electron chi connectivity index (χ3n) is 2.84. The summed E-state index contributed by atoms with van der Waals surface area (Å²) in [5, 5.41) is 0. The Hall–Kier alpha value is -1.81. The van der Waals surface area contributed by atoms with Crippen LogP contribution >= 0.6 is 0 Å². The van der Waals surface area contributed by atoms with Crippen molar-refractivity contribution in [1.29, 1.82) is 0 Å². The van der Waals surface area contributed by atoms with Gasteiger partial charge in [0, 0.05) is 12.0 Å². The van der Waals surface area contributed by atoms with Gasteiger partial charge in [-0.05, 0) is 31.5 Å². The van der Waals surface area contributed by atoms with Crippen molar-refractivity contribution in [3.63, 3.8) is 0 Å². The molecule has 2 aromatic rings. The number of aryl methyl sites for hydroxylation is 2. The van der Waals surface area contributed by atoms with E-state index in [1.807, 2.05) is 25.1 Å². The zero-order valence-corrected chi connectivity index (χ0v) is 10.8. The summed E-state index contributed by atoms with van der Waals surface area (Å²) in [6, 6.07) is 5.98. The van der Waals surface area contributed by atoms with Crippen molar-refractivity contribution >= 4 is 0 Å². The first-order chi connectivity index (χ1) is 8.74. The Bertz CT molecular complexity index is 520. The van der Waals surface area contributed by atoms with Crippen LogP contribution in [-0.2, 0) is 6.42 Å². The number of hydrogen-bond acceptors (Lipinski definition) is 4. The molecule has 0 bridgehead atoms. The van der Waals surface area contributed by atoms with E-state index in [1.54, 1.807) is 13.3 Å². The standard InChI is InChI=1S/C14H18N2O2/c1-10-5-6-11(8-12(10)17-2)13-9-16-14(18-13)4-3-7-15/h5-6,8-9H,3-4,7,15H2,1-2H3. The largest absolute Gasteiger partial charge is 0.496 e. The van der Waals surface area contributed by atoms with Gasteiger partial charge in [-0.3, -0.25) is 0 Å². The van der Waals surface area contributed by atoms with Crippen LogP contribution in [0.5, 0.6) is 5.75 Å². The fraction of sp³-hybridized carbons (Fsp3) is 0.357. The Balaban J connectivity index is 2.23. The van der Waals surface area contributed by atoms with Crippen LogP contribution in [0.3, 0.4) is 0 Å². The average Bonchev–Trinajstić information content (AvgIpc) is 2.85. The quantitative estimate of drug-likeness (QED) is 0.880. The van der Waals surface area contributed by atoms with Crippen LogP contribution in [-0.4, -0.2) is 18.6 Å². The van der Waals surface area contributed by atoms with Crippen LogP contribution in [0, 0.1) is 6.92 Å². The zero-order valence-electron chi connectivity index (χ0n) is 10.8. The first kappa shape index (κ1) is 12.6. The van der Waals surface area contributed by atoms with Gasteiger partial charge in [0.2, 0.25) is 0 Å². The molecule has 0 saturated carbocycles. The van der Waals surface area contributed by atoms with Crippen molar-refractivity contribution < 1.29 is 9.15 Å². The predicted octanol–water partition coefficient (Wildman–Crippen LogP) is 2.55. The van der Waals surface area contributed by atoms with Crippen LogP contribution in [0.4, 0.5) is 0 Å². The molecule has 2 N–H and O–H groups in total. The highest BCUT2D eigenvalue weighted by molar-refractivity contribution is 5.60. The first-order valence-electron chi connectivity index (χ1n) is 6.04. The van der Waals surface area contributed by atoms with E-state index < -0.39 is 0 Å². The summed E-state index contributed by atoms with van der Waals surface area (Å²) in [6.45, 7) is 2.66. The number of aromatic nitrogens is 1. The lowest BCUT2D eigenvalue weighted by molar-refractivity contribution is 0.411. The van der Waals surface area contributed by atoms with Crippen LogP contribution in [0.15, 0.2) is 28.8 Å². The van der Waals surface area contributed by atoms with Gasteiger partial charge in [-0.2, -0.15) is 0 Å². The van der Waals surface area contributed by atoms with Gasteiger partial charge < -0.3 is 14.9 Å². The van der Waals surface area contributed by atoms with Crippen LogP contribution < -0.4 is 10.5 Å². The van der Waals surface area contributed by atoms with Gasteiger partial charge in [0.15, 0.2) is 11.7 Å². The fourth-order valence-corrected chi connectivity index (χ4v) is 1.79. The van der Waals surface area contributed by atoms with E-state index in [9.17, 15) is 0 Å². The van der Waals surface area contributed by atoms with Crippen molar-refractivity contribution in [2.24, 2.45) is 5.73 Å². The molecule has 0 unspecified atom stereocenters. The van der Waals surface area contributed by atoms with Crippen molar-refractivity contribution in [2.45, 2.75) is 19.8 Å². The summed E-state index contributed by atoms with van der Waals surface area (Å²) < 4.78 is 11.0. The molecule has 0 fully saturated rings. The number of oxazole rings is 1. The minimum Gasteiger partial charge on any atom is -0.496 e. The summed E-state index contributed by atoms with van der Waals surface area (Å²) in [4.78, 5) is 4.24. The van der Waals surface area contributed by atoms with Crippen LogP contribution in [0.25, 0.3) is 11.3 Å². The van der Waals surface area contributed by atoms with E-state index in [0.717, 1.165) is 41.4 Å². The molecule has 2 rings (SSSR count). The van der Waals surface area contributed by atoms with Crippen LogP contribution in [0.2, 0.25) is 0 Å². The molecule has 0 aliphatic rings. The third-order valence-corrected chi connectivity index (χ3v) is 2.84. The van der Waals surface area contributed by atoms with E-state index in [4.69, 9.17) is 14.9 Å². The molecular weight excluding hydrogens is 228 g/mol. The van der Waals surface area contributed by atoms with Crippen molar-refractivity contribution in [3.05, 3.63) is 35.9 Å². The van der Waals surface area contributed by atoms with E-state index in [2.05, 4.69) is 4.98 Å². The Morgan fingerprint density at radius 2 is 2.22 bits per heavy atom. The lowest BCUT2D eigenvalue weighted by Crippen LogP contribution is -2.00. The molecule has 0 aliphatic heterocycles. The Labute approximate surface area is 107 Å². The third kappa shape index (κ3) is 2.71.